The van der Waals surface area contributed by atoms with E-state index in [4.69, 9.17) is 5.73 Å². The van der Waals surface area contributed by atoms with E-state index in [0.29, 0.717) is 0 Å². The van der Waals surface area contributed by atoms with Crippen LogP contribution in [0.1, 0.15) is 31.9 Å². The maximum atomic E-state index is 5.94. The number of benzene rings is 1. The Kier molecular flexibility index (Phi) is 2.77. The Hall–Kier alpha value is -0.820. The SMILES string of the molecule is Cc1ccc(C(C)(C)C(C)N)cc1. The summed E-state index contributed by atoms with van der Waals surface area (Å²) in [5.41, 5.74) is 8.61. The van der Waals surface area contributed by atoms with Gasteiger partial charge in [0, 0.05) is 11.5 Å². The first kappa shape index (κ1) is 10.3. The highest BCUT2D eigenvalue weighted by Crippen LogP contribution is 2.25. The molecular weight excluding hydrogens is 158 g/mol. The molecule has 1 aromatic rings. The molecule has 0 saturated carbocycles. The van der Waals surface area contributed by atoms with Crippen molar-refractivity contribution < 1.29 is 0 Å². The molecule has 0 aromatic heterocycles. The molecule has 0 heterocycles. The van der Waals surface area contributed by atoms with E-state index in [1.807, 2.05) is 0 Å². The maximum Gasteiger partial charge on any atom is 0.0102 e. The fraction of sp³-hybridized carbons (Fsp3) is 0.500. The van der Waals surface area contributed by atoms with Crippen LogP contribution in [0.3, 0.4) is 0 Å². The molecule has 0 aliphatic heterocycles. The summed E-state index contributed by atoms with van der Waals surface area (Å²) in [6.07, 6.45) is 0. The first-order chi connectivity index (χ1) is 5.94. The number of nitrogens with two attached hydrogens (primary N) is 1. The Morgan fingerprint density at radius 1 is 1.15 bits per heavy atom. The number of rotatable bonds is 2. The van der Waals surface area contributed by atoms with Crippen LogP contribution >= 0.6 is 0 Å². The van der Waals surface area contributed by atoms with Crippen molar-refractivity contribution in [1.29, 1.82) is 0 Å². The van der Waals surface area contributed by atoms with Crippen molar-refractivity contribution in [1.82, 2.24) is 0 Å². The summed E-state index contributed by atoms with van der Waals surface area (Å²) in [4.78, 5) is 0. The molecule has 0 bridgehead atoms. The van der Waals surface area contributed by atoms with Crippen molar-refractivity contribution in [3.63, 3.8) is 0 Å². The number of hydrogen-bond acceptors (Lipinski definition) is 1. The molecule has 1 heteroatoms. The van der Waals surface area contributed by atoms with Crippen LogP contribution in [0.25, 0.3) is 0 Å². The minimum Gasteiger partial charge on any atom is -0.327 e. The van der Waals surface area contributed by atoms with Crippen LogP contribution in [-0.2, 0) is 5.41 Å². The summed E-state index contributed by atoms with van der Waals surface area (Å²) in [5, 5.41) is 0. The average molecular weight is 177 g/mol. The zero-order valence-electron chi connectivity index (χ0n) is 8.96. The molecule has 1 aromatic carbocycles. The Bertz CT molecular complexity index is 270. The summed E-state index contributed by atoms with van der Waals surface area (Å²) in [6.45, 7) is 8.52. The Morgan fingerprint density at radius 3 is 2.00 bits per heavy atom. The van der Waals surface area contributed by atoms with E-state index in [2.05, 4.69) is 52.0 Å². The van der Waals surface area contributed by atoms with Crippen LogP contribution in [0.5, 0.6) is 0 Å². The summed E-state index contributed by atoms with van der Waals surface area (Å²) >= 11 is 0. The fourth-order valence-corrected chi connectivity index (χ4v) is 1.25. The lowest BCUT2D eigenvalue weighted by Gasteiger charge is -2.29. The van der Waals surface area contributed by atoms with E-state index in [1.54, 1.807) is 0 Å². The van der Waals surface area contributed by atoms with Crippen molar-refractivity contribution in [2.45, 2.75) is 39.2 Å². The van der Waals surface area contributed by atoms with Gasteiger partial charge in [0.2, 0.25) is 0 Å². The maximum absolute atomic E-state index is 5.94. The molecule has 1 nitrogen and oxygen atoms in total. The summed E-state index contributed by atoms with van der Waals surface area (Å²) in [6, 6.07) is 8.78. The number of aryl methyl sites for hydroxylation is 1. The molecule has 0 amide bonds. The molecule has 0 aliphatic rings. The van der Waals surface area contributed by atoms with E-state index in [9.17, 15) is 0 Å². The molecule has 2 N–H and O–H groups in total. The second-order valence-corrected chi connectivity index (χ2v) is 4.38. The van der Waals surface area contributed by atoms with Gasteiger partial charge in [0.1, 0.15) is 0 Å². The van der Waals surface area contributed by atoms with Crippen LogP contribution in [-0.4, -0.2) is 6.04 Å². The quantitative estimate of drug-likeness (QED) is 0.738. The molecular formula is C12H19N. The third-order valence-corrected chi connectivity index (χ3v) is 2.93. The predicted octanol–water partition coefficient (Wildman–Crippen LogP) is 2.62. The standard InChI is InChI=1S/C12H19N/c1-9-5-7-11(8-6-9)12(3,4)10(2)13/h5-8,10H,13H2,1-4H3. The van der Waals surface area contributed by atoms with Gasteiger partial charge in [-0.3, -0.25) is 0 Å². The van der Waals surface area contributed by atoms with Gasteiger partial charge in [-0.2, -0.15) is 0 Å². The molecule has 72 valence electrons. The Balaban J connectivity index is 3.01. The average Bonchev–Trinajstić information content (AvgIpc) is 2.04. The van der Waals surface area contributed by atoms with Crippen molar-refractivity contribution in [3.05, 3.63) is 35.4 Å². The predicted molar refractivity (Wildman–Crippen MR) is 57.9 cm³/mol. The van der Waals surface area contributed by atoms with Crippen molar-refractivity contribution in [2.75, 3.05) is 0 Å². The zero-order chi connectivity index (χ0) is 10.1. The zero-order valence-corrected chi connectivity index (χ0v) is 8.96. The van der Waals surface area contributed by atoms with Crippen molar-refractivity contribution in [2.24, 2.45) is 5.73 Å². The van der Waals surface area contributed by atoms with Gasteiger partial charge in [0.25, 0.3) is 0 Å². The smallest absolute Gasteiger partial charge is 0.0102 e. The highest BCUT2D eigenvalue weighted by molar-refractivity contribution is 5.28. The van der Waals surface area contributed by atoms with Gasteiger partial charge in [-0.15, -0.1) is 0 Å². The molecule has 0 aliphatic carbocycles. The topological polar surface area (TPSA) is 26.0 Å². The second kappa shape index (κ2) is 3.51. The molecule has 0 radical (unpaired) electrons. The van der Waals surface area contributed by atoms with Gasteiger partial charge in [-0.1, -0.05) is 43.7 Å². The van der Waals surface area contributed by atoms with E-state index in [0.717, 1.165) is 0 Å². The second-order valence-electron chi connectivity index (χ2n) is 4.38. The third-order valence-electron chi connectivity index (χ3n) is 2.93. The normalized spacial score (nSPS) is 14.2. The molecule has 1 unspecified atom stereocenters. The van der Waals surface area contributed by atoms with Gasteiger partial charge in [0.05, 0.1) is 0 Å². The largest absolute Gasteiger partial charge is 0.327 e. The first-order valence-corrected chi connectivity index (χ1v) is 4.77. The molecule has 0 fully saturated rings. The van der Waals surface area contributed by atoms with Crippen molar-refractivity contribution >= 4 is 0 Å². The van der Waals surface area contributed by atoms with E-state index in [1.165, 1.54) is 11.1 Å². The summed E-state index contributed by atoms with van der Waals surface area (Å²) < 4.78 is 0. The molecule has 0 saturated heterocycles. The lowest BCUT2D eigenvalue weighted by Crippen LogP contribution is -2.38. The van der Waals surface area contributed by atoms with Crippen molar-refractivity contribution in [3.8, 4) is 0 Å². The Morgan fingerprint density at radius 2 is 1.62 bits per heavy atom. The lowest BCUT2D eigenvalue weighted by atomic mass is 9.79. The van der Waals surface area contributed by atoms with E-state index >= 15 is 0 Å². The van der Waals surface area contributed by atoms with Crippen LogP contribution in [0.15, 0.2) is 24.3 Å². The molecule has 0 spiro atoms. The highest BCUT2D eigenvalue weighted by atomic mass is 14.7. The highest BCUT2D eigenvalue weighted by Gasteiger charge is 2.24. The fourth-order valence-electron chi connectivity index (χ4n) is 1.25. The minimum atomic E-state index is 0.0632. The minimum absolute atomic E-state index is 0.0632. The molecule has 13 heavy (non-hydrogen) atoms. The van der Waals surface area contributed by atoms with E-state index < -0.39 is 0 Å². The van der Waals surface area contributed by atoms with Gasteiger partial charge >= 0.3 is 0 Å². The summed E-state index contributed by atoms with van der Waals surface area (Å²) in [5.74, 6) is 0. The first-order valence-electron chi connectivity index (χ1n) is 4.77. The molecule has 1 atom stereocenters. The summed E-state index contributed by atoms with van der Waals surface area (Å²) in [7, 11) is 0. The van der Waals surface area contributed by atoms with Gasteiger partial charge in [-0.25, -0.2) is 0 Å². The number of hydrogen-bond donors (Lipinski definition) is 1. The van der Waals surface area contributed by atoms with Gasteiger partial charge in [0.15, 0.2) is 0 Å². The molecule has 1 rings (SSSR count). The lowest BCUT2D eigenvalue weighted by molar-refractivity contribution is 0.434. The third kappa shape index (κ3) is 2.10. The van der Waals surface area contributed by atoms with Gasteiger partial charge in [-0.05, 0) is 19.4 Å². The van der Waals surface area contributed by atoms with Crippen LogP contribution in [0, 0.1) is 6.92 Å². The van der Waals surface area contributed by atoms with Crippen LogP contribution < -0.4 is 5.73 Å². The van der Waals surface area contributed by atoms with Gasteiger partial charge < -0.3 is 5.73 Å². The van der Waals surface area contributed by atoms with E-state index in [-0.39, 0.29) is 11.5 Å². The Labute approximate surface area is 81.0 Å². The van der Waals surface area contributed by atoms with Crippen LogP contribution in [0.2, 0.25) is 0 Å². The monoisotopic (exact) mass is 177 g/mol. The van der Waals surface area contributed by atoms with Crippen LogP contribution in [0.4, 0.5) is 0 Å².